The van der Waals surface area contributed by atoms with Gasteiger partial charge in [-0.25, -0.2) is 0 Å². The van der Waals surface area contributed by atoms with Gasteiger partial charge in [-0.3, -0.25) is 14.5 Å². The maximum absolute atomic E-state index is 12.6. The van der Waals surface area contributed by atoms with Crippen molar-refractivity contribution < 1.29 is 9.59 Å². The van der Waals surface area contributed by atoms with E-state index in [1.54, 1.807) is 18.2 Å². The summed E-state index contributed by atoms with van der Waals surface area (Å²) in [5, 5.41) is 2.99. The zero-order valence-corrected chi connectivity index (χ0v) is 16.3. The SMILES string of the molecule is CC(=O)c1cc(C(=O)Nc2ccc3c(c2)C2CCCN2CC3)ccc1Br. The van der Waals surface area contributed by atoms with Crippen LogP contribution in [0, 0.1) is 0 Å². The van der Waals surface area contributed by atoms with Gasteiger partial charge < -0.3 is 5.32 Å². The summed E-state index contributed by atoms with van der Waals surface area (Å²) in [4.78, 5) is 26.9. The summed E-state index contributed by atoms with van der Waals surface area (Å²) in [6.07, 6.45) is 3.52. The lowest BCUT2D eigenvalue weighted by atomic mass is 9.92. The fraction of sp³-hybridized carbons (Fsp3) is 0.333. The molecule has 1 unspecified atom stereocenters. The molecular weight excluding hydrogens is 392 g/mol. The average Bonchev–Trinajstić information content (AvgIpc) is 3.11. The van der Waals surface area contributed by atoms with Gasteiger partial charge in [0.25, 0.3) is 5.91 Å². The number of halogens is 1. The highest BCUT2D eigenvalue weighted by Gasteiger charge is 2.31. The molecule has 134 valence electrons. The van der Waals surface area contributed by atoms with E-state index in [-0.39, 0.29) is 11.7 Å². The average molecular weight is 413 g/mol. The first-order valence-corrected chi connectivity index (χ1v) is 9.81. The Kier molecular flexibility index (Phi) is 4.67. The Balaban J connectivity index is 1.58. The predicted molar refractivity (Wildman–Crippen MR) is 106 cm³/mol. The second-order valence-electron chi connectivity index (χ2n) is 7.06. The number of carbonyl (C=O) groups is 2. The maximum Gasteiger partial charge on any atom is 0.255 e. The first-order valence-electron chi connectivity index (χ1n) is 9.01. The highest BCUT2D eigenvalue weighted by atomic mass is 79.9. The molecule has 1 amide bonds. The third-order valence-electron chi connectivity index (χ3n) is 5.40. The highest BCUT2D eigenvalue weighted by molar-refractivity contribution is 9.10. The second-order valence-corrected chi connectivity index (χ2v) is 7.92. The Morgan fingerprint density at radius 1 is 1.15 bits per heavy atom. The molecule has 1 N–H and O–H groups in total. The van der Waals surface area contributed by atoms with E-state index in [1.807, 2.05) is 6.07 Å². The van der Waals surface area contributed by atoms with E-state index in [1.165, 1.54) is 37.4 Å². The third-order valence-corrected chi connectivity index (χ3v) is 6.09. The third kappa shape index (κ3) is 3.21. The summed E-state index contributed by atoms with van der Waals surface area (Å²) in [5.74, 6) is -0.263. The van der Waals surface area contributed by atoms with Gasteiger partial charge >= 0.3 is 0 Å². The van der Waals surface area contributed by atoms with Gasteiger partial charge in [0.2, 0.25) is 0 Å². The number of hydrogen-bond donors (Lipinski definition) is 1. The summed E-state index contributed by atoms with van der Waals surface area (Å²) >= 11 is 3.36. The molecule has 0 bridgehead atoms. The molecule has 2 aliphatic rings. The molecule has 2 aliphatic heterocycles. The van der Waals surface area contributed by atoms with Gasteiger partial charge in [-0.1, -0.05) is 22.0 Å². The molecular formula is C21H21BrN2O2. The van der Waals surface area contributed by atoms with Gasteiger partial charge in [0.05, 0.1) is 0 Å². The second kappa shape index (κ2) is 6.97. The van der Waals surface area contributed by atoms with E-state index in [9.17, 15) is 9.59 Å². The molecule has 1 fully saturated rings. The standard InChI is InChI=1S/C21H21BrN2O2/c1-13(25)17-11-15(5-7-19(17)22)21(26)23-16-6-4-14-8-10-24-9-2-3-20(24)18(14)12-16/h4-7,11-12,20H,2-3,8-10H2,1H3,(H,23,26). The number of Topliss-reactive ketones (excluding diaryl/α,β-unsaturated/α-hetero) is 1. The van der Waals surface area contributed by atoms with Crippen LogP contribution in [-0.2, 0) is 6.42 Å². The van der Waals surface area contributed by atoms with Gasteiger partial charge in [-0.15, -0.1) is 0 Å². The predicted octanol–water partition coefficient (Wildman–Crippen LogP) is 4.60. The summed E-state index contributed by atoms with van der Waals surface area (Å²) in [6.45, 7) is 3.81. The van der Waals surface area contributed by atoms with Crippen molar-refractivity contribution in [1.82, 2.24) is 4.90 Å². The van der Waals surface area contributed by atoms with E-state index < -0.39 is 0 Å². The largest absolute Gasteiger partial charge is 0.322 e. The Bertz CT molecular complexity index is 894. The van der Waals surface area contributed by atoms with Crippen LogP contribution in [0.3, 0.4) is 0 Å². The van der Waals surface area contributed by atoms with Crippen molar-refractivity contribution in [1.29, 1.82) is 0 Å². The van der Waals surface area contributed by atoms with Crippen LogP contribution in [0.15, 0.2) is 40.9 Å². The number of amides is 1. The number of benzene rings is 2. The topological polar surface area (TPSA) is 49.4 Å². The lowest BCUT2D eigenvalue weighted by Crippen LogP contribution is -2.31. The van der Waals surface area contributed by atoms with Crippen LogP contribution in [0.4, 0.5) is 5.69 Å². The number of hydrogen-bond acceptors (Lipinski definition) is 3. The first kappa shape index (κ1) is 17.4. The molecule has 26 heavy (non-hydrogen) atoms. The Labute approximate surface area is 161 Å². The van der Waals surface area contributed by atoms with Gasteiger partial charge in [-0.2, -0.15) is 0 Å². The minimum absolute atomic E-state index is 0.0679. The number of ketones is 1. The minimum atomic E-state index is -0.195. The fourth-order valence-corrected chi connectivity index (χ4v) is 4.59. The van der Waals surface area contributed by atoms with Crippen LogP contribution in [0.25, 0.3) is 0 Å². The zero-order chi connectivity index (χ0) is 18.3. The highest BCUT2D eigenvalue weighted by Crippen LogP contribution is 2.38. The number of rotatable bonds is 3. The molecule has 5 heteroatoms. The van der Waals surface area contributed by atoms with Crippen LogP contribution >= 0.6 is 15.9 Å². The van der Waals surface area contributed by atoms with Crippen molar-refractivity contribution in [3.8, 4) is 0 Å². The first-order chi connectivity index (χ1) is 12.5. The Morgan fingerprint density at radius 2 is 2.00 bits per heavy atom. The molecule has 1 saturated heterocycles. The van der Waals surface area contributed by atoms with Crippen LogP contribution in [-0.4, -0.2) is 29.7 Å². The van der Waals surface area contributed by atoms with Gasteiger partial charge in [0, 0.05) is 33.9 Å². The smallest absolute Gasteiger partial charge is 0.255 e. The number of nitrogens with zero attached hydrogens (tertiary/aromatic N) is 1. The van der Waals surface area contributed by atoms with Crippen LogP contribution < -0.4 is 5.32 Å². The van der Waals surface area contributed by atoms with Crippen LogP contribution in [0.2, 0.25) is 0 Å². The molecule has 2 aromatic rings. The molecule has 4 rings (SSSR count). The van der Waals surface area contributed by atoms with Crippen molar-refractivity contribution in [3.05, 3.63) is 63.1 Å². The molecule has 4 nitrogen and oxygen atoms in total. The summed E-state index contributed by atoms with van der Waals surface area (Å²) in [6, 6.07) is 11.8. The maximum atomic E-state index is 12.6. The molecule has 2 heterocycles. The lowest BCUT2D eigenvalue weighted by Gasteiger charge is -2.32. The van der Waals surface area contributed by atoms with E-state index in [0.29, 0.717) is 21.6 Å². The van der Waals surface area contributed by atoms with Crippen molar-refractivity contribution in [2.45, 2.75) is 32.2 Å². The molecule has 0 saturated carbocycles. The number of nitrogens with one attached hydrogen (secondary N) is 1. The van der Waals surface area contributed by atoms with Crippen molar-refractivity contribution in [2.75, 3.05) is 18.4 Å². The quantitative estimate of drug-likeness (QED) is 0.749. The number of carbonyl (C=O) groups excluding carboxylic acids is 2. The van der Waals surface area contributed by atoms with Crippen molar-refractivity contribution in [2.24, 2.45) is 0 Å². The number of fused-ring (bicyclic) bond motifs is 3. The molecule has 0 aromatic heterocycles. The van der Waals surface area contributed by atoms with Crippen LogP contribution in [0.5, 0.6) is 0 Å². The van der Waals surface area contributed by atoms with Crippen molar-refractivity contribution in [3.63, 3.8) is 0 Å². The summed E-state index contributed by atoms with van der Waals surface area (Å²) in [5.41, 5.74) is 4.57. The Morgan fingerprint density at radius 3 is 2.81 bits per heavy atom. The normalized spacial score (nSPS) is 18.9. The van der Waals surface area contributed by atoms with E-state index in [4.69, 9.17) is 0 Å². The molecule has 0 aliphatic carbocycles. The monoisotopic (exact) mass is 412 g/mol. The van der Waals surface area contributed by atoms with Gasteiger partial charge in [0.15, 0.2) is 5.78 Å². The molecule has 0 radical (unpaired) electrons. The van der Waals surface area contributed by atoms with Crippen molar-refractivity contribution >= 4 is 33.3 Å². The minimum Gasteiger partial charge on any atom is -0.322 e. The number of anilines is 1. The Hall–Kier alpha value is -1.98. The zero-order valence-electron chi connectivity index (χ0n) is 14.7. The van der Waals surface area contributed by atoms with E-state index in [0.717, 1.165) is 18.7 Å². The van der Waals surface area contributed by atoms with E-state index >= 15 is 0 Å². The molecule has 1 atom stereocenters. The van der Waals surface area contributed by atoms with Gasteiger partial charge in [0.1, 0.15) is 0 Å². The fourth-order valence-electron chi connectivity index (χ4n) is 4.06. The van der Waals surface area contributed by atoms with E-state index in [2.05, 4.69) is 38.3 Å². The molecule has 2 aromatic carbocycles. The van der Waals surface area contributed by atoms with Crippen LogP contribution in [0.1, 0.15) is 57.7 Å². The molecule has 0 spiro atoms. The summed E-state index contributed by atoms with van der Waals surface area (Å²) < 4.78 is 0.705. The summed E-state index contributed by atoms with van der Waals surface area (Å²) in [7, 11) is 0. The lowest BCUT2D eigenvalue weighted by molar-refractivity contribution is 0.101. The van der Waals surface area contributed by atoms with Gasteiger partial charge in [-0.05, 0) is 74.2 Å².